The van der Waals surface area contributed by atoms with Crippen LogP contribution in [0.15, 0.2) is 40.0 Å². The number of rotatable bonds is 8. The molecule has 1 N–H and O–H groups in total. The van der Waals surface area contributed by atoms with Crippen LogP contribution in [0.25, 0.3) is 0 Å². The third kappa shape index (κ3) is 7.07. The molecule has 0 amide bonds. The first kappa shape index (κ1) is 26.4. The molecule has 0 spiro atoms. The number of aliphatic imine (C=N–C) groups is 1. The van der Waals surface area contributed by atoms with Crippen LogP contribution in [-0.2, 0) is 22.2 Å². The molecule has 0 unspecified atom stereocenters. The third-order valence-corrected chi connectivity index (χ3v) is 7.04. The van der Waals surface area contributed by atoms with E-state index in [2.05, 4.69) is 33.6 Å². The highest BCUT2D eigenvalue weighted by Crippen LogP contribution is 2.19. The SMILES string of the molecule is CCNC(=NCCc1ccc(C)c(OC)c1)N1CCN(S(=O)(=O)Cc2ccon2)CC1.I. The number of hydrogen-bond donors (Lipinski definition) is 1. The fourth-order valence-corrected chi connectivity index (χ4v) is 4.93. The van der Waals surface area contributed by atoms with Crippen molar-refractivity contribution in [3.63, 3.8) is 0 Å². The summed E-state index contributed by atoms with van der Waals surface area (Å²) in [5.41, 5.74) is 2.70. The third-order valence-electron chi connectivity index (χ3n) is 5.22. The van der Waals surface area contributed by atoms with Gasteiger partial charge in [-0.2, -0.15) is 4.31 Å². The average Bonchev–Trinajstić information content (AvgIpc) is 3.26. The van der Waals surface area contributed by atoms with Gasteiger partial charge in [0.05, 0.1) is 12.8 Å². The summed E-state index contributed by atoms with van der Waals surface area (Å²) in [5, 5.41) is 7.03. The molecular weight excluding hydrogens is 545 g/mol. The standard InChI is InChI=1S/C21H31N5O4S.HI/c1-4-22-21(23-9-7-18-6-5-17(2)20(15-18)29-3)25-10-12-26(13-11-25)31(27,28)16-19-8-14-30-24-19;/h5-6,8,14-15H,4,7,9-13,16H2,1-3H3,(H,22,23);1H. The Balaban J connectivity index is 0.00000363. The van der Waals surface area contributed by atoms with Crippen LogP contribution < -0.4 is 10.1 Å². The van der Waals surface area contributed by atoms with Crippen LogP contribution in [0.1, 0.15) is 23.7 Å². The van der Waals surface area contributed by atoms with Crippen LogP contribution in [0.4, 0.5) is 0 Å². The minimum Gasteiger partial charge on any atom is -0.496 e. The topological polar surface area (TPSA) is 100 Å². The minimum atomic E-state index is -3.42. The predicted octanol–water partition coefficient (Wildman–Crippen LogP) is 2.27. The molecule has 32 heavy (non-hydrogen) atoms. The molecule has 2 heterocycles. The van der Waals surface area contributed by atoms with Crippen molar-refractivity contribution in [1.82, 2.24) is 19.7 Å². The largest absolute Gasteiger partial charge is 0.496 e. The van der Waals surface area contributed by atoms with Gasteiger partial charge in [0, 0.05) is 45.3 Å². The van der Waals surface area contributed by atoms with E-state index in [-0.39, 0.29) is 29.7 Å². The Morgan fingerprint density at radius 3 is 2.62 bits per heavy atom. The molecular formula is C21H32IN5O4S. The summed E-state index contributed by atoms with van der Waals surface area (Å²) in [5.74, 6) is 1.56. The highest BCUT2D eigenvalue weighted by molar-refractivity contribution is 14.0. The number of ether oxygens (including phenoxy) is 1. The fraction of sp³-hybridized carbons (Fsp3) is 0.524. The highest BCUT2D eigenvalue weighted by Gasteiger charge is 2.28. The number of aromatic nitrogens is 1. The van der Waals surface area contributed by atoms with Crippen LogP contribution in [0, 0.1) is 6.92 Å². The summed E-state index contributed by atoms with van der Waals surface area (Å²) >= 11 is 0. The van der Waals surface area contributed by atoms with E-state index in [1.807, 2.05) is 13.8 Å². The Labute approximate surface area is 207 Å². The second-order valence-corrected chi connectivity index (χ2v) is 9.39. The summed E-state index contributed by atoms with van der Waals surface area (Å²) in [6, 6.07) is 7.78. The number of aryl methyl sites for hydroxylation is 1. The molecule has 1 aliphatic heterocycles. The van der Waals surface area contributed by atoms with E-state index < -0.39 is 10.0 Å². The second-order valence-electron chi connectivity index (χ2n) is 7.42. The van der Waals surface area contributed by atoms with Crippen molar-refractivity contribution in [2.24, 2.45) is 4.99 Å². The number of halogens is 1. The molecule has 1 aliphatic rings. The van der Waals surface area contributed by atoms with Gasteiger partial charge < -0.3 is 19.5 Å². The lowest BCUT2D eigenvalue weighted by atomic mass is 10.1. The molecule has 1 fully saturated rings. The zero-order valence-corrected chi connectivity index (χ0v) is 21.9. The molecule has 2 aromatic rings. The summed E-state index contributed by atoms with van der Waals surface area (Å²) in [6.45, 7) is 7.44. The fourth-order valence-electron chi connectivity index (χ4n) is 3.50. The highest BCUT2D eigenvalue weighted by atomic mass is 127. The smallest absolute Gasteiger partial charge is 0.220 e. The van der Waals surface area contributed by atoms with Crippen LogP contribution in [0.3, 0.4) is 0 Å². The van der Waals surface area contributed by atoms with Gasteiger partial charge in [0.2, 0.25) is 10.0 Å². The molecule has 178 valence electrons. The van der Waals surface area contributed by atoms with E-state index in [1.54, 1.807) is 13.2 Å². The molecule has 1 aromatic heterocycles. The van der Waals surface area contributed by atoms with Crippen molar-refractivity contribution in [3.8, 4) is 5.75 Å². The molecule has 0 bridgehead atoms. The minimum absolute atomic E-state index is 0. The van der Waals surface area contributed by atoms with Crippen LogP contribution in [0.2, 0.25) is 0 Å². The van der Waals surface area contributed by atoms with Gasteiger partial charge in [-0.1, -0.05) is 17.3 Å². The first-order valence-electron chi connectivity index (χ1n) is 10.5. The predicted molar refractivity (Wildman–Crippen MR) is 135 cm³/mol. The number of hydrogen-bond acceptors (Lipinski definition) is 6. The first-order chi connectivity index (χ1) is 14.9. The number of nitrogens with one attached hydrogen (secondary N) is 1. The van der Waals surface area contributed by atoms with E-state index in [1.165, 1.54) is 16.1 Å². The van der Waals surface area contributed by atoms with E-state index in [0.717, 1.165) is 30.2 Å². The number of sulfonamides is 1. The van der Waals surface area contributed by atoms with Gasteiger partial charge in [-0.05, 0) is 37.5 Å². The lowest BCUT2D eigenvalue weighted by Gasteiger charge is -2.35. The maximum absolute atomic E-state index is 12.6. The zero-order valence-electron chi connectivity index (χ0n) is 18.8. The summed E-state index contributed by atoms with van der Waals surface area (Å²) in [6.07, 6.45) is 2.19. The number of methoxy groups -OCH3 is 1. The van der Waals surface area contributed by atoms with Crippen molar-refractivity contribution in [3.05, 3.63) is 47.3 Å². The van der Waals surface area contributed by atoms with Gasteiger partial charge in [-0.15, -0.1) is 24.0 Å². The van der Waals surface area contributed by atoms with Gasteiger partial charge in [0.1, 0.15) is 17.8 Å². The number of piperazine rings is 1. The van der Waals surface area contributed by atoms with Gasteiger partial charge >= 0.3 is 0 Å². The van der Waals surface area contributed by atoms with Gasteiger partial charge in [0.25, 0.3) is 0 Å². The molecule has 1 saturated heterocycles. The Morgan fingerprint density at radius 2 is 2.00 bits per heavy atom. The lowest BCUT2D eigenvalue weighted by molar-refractivity contribution is 0.260. The first-order valence-corrected chi connectivity index (χ1v) is 12.1. The van der Waals surface area contributed by atoms with E-state index in [9.17, 15) is 8.42 Å². The normalized spacial score (nSPS) is 15.3. The second kappa shape index (κ2) is 12.4. The summed E-state index contributed by atoms with van der Waals surface area (Å²) < 4.78 is 36.9. The van der Waals surface area contributed by atoms with Crippen molar-refractivity contribution >= 4 is 40.0 Å². The number of guanidine groups is 1. The van der Waals surface area contributed by atoms with Crippen LogP contribution in [0.5, 0.6) is 5.75 Å². The van der Waals surface area contributed by atoms with Crippen molar-refractivity contribution in [1.29, 1.82) is 0 Å². The Morgan fingerprint density at radius 1 is 1.25 bits per heavy atom. The quantitative estimate of drug-likeness (QED) is 0.292. The zero-order chi connectivity index (χ0) is 22.3. The Kier molecular flexibility index (Phi) is 10.2. The van der Waals surface area contributed by atoms with E-state index in [0.29, 0.717) is 38.4 Å². The molecule has 0 aliphatic carbocycles. The molecule has 3 rings (SSSR count). The van der Waals surface area contributed by atoms with Gasteiger partial charge in [-0.25, -0.2) is 8.42 Å². The maximum atomic E-state index is 12.6. The number of benzene rings is 1. The molecule has 1 aromatic carbocycles. The van der Waals surface area contributed by atoms with Crippen molar-refractivity contribution in [2.75, 3.05) is 46.4 Å². The van der Waals surface area contributed by atoms with E-state index >= 15 is 0 Å². The Hall–Kier alpha value is -1.86. The molecule has 11 heteroatoms. The molecule has 0 saturated carbocycles. The van der Waals surface area contributed by atoms with Crippen molar-refractivity contribution < 1.29 is 17.7 Å². The molecule has 0 atom stereocenters. The van der Waals surface area contributed by atoms with Crippen molar-refractivity contribution in [2.45, 2.75) is 26.0 Å². The van der Waals surface area contributed by atoms with Gasteiger partial charge in [-0.3, -0.25) is 4.99 Å². The summed E-state index contributed by atoms with van der Waals surface area (Å²) in [4.78, 5) is 6.87. The average molecular weight is 577 g/mol. The monoisotopic (exact) mass is 577 g/mol. The van der Waals surface area contributed by atoms with Crippen LogP contribution >= 0.6 is 24.0 Å². The number of nitrogens with zero attached hydrogens (tertiary/aromatic N) is 4. The van der Waals surface area contributed by atoms with E-state index in [4.69, 9.17) is 14.3 Å². The van der Waals surface area contributed by atoms with Crippen LogP contribution in [-0.4, -0.2) is 75.1 Å². The van der Waals surface area contributed by atoms with Gasteiger partial charge in [0.15, 0.2) is 5.96 Å². The Bertz CT molecular complexity index is 974. The summed E-state index contributed by atoms with van der Waals surface area (Å²) in [7, 11) is -1.74. The molecule has 0 radical (unpaired) electrons. The lowest BCUT2D eigenvalue weighted by Crippen LogP contribution is -2.54. The molecule has 9 nitrogen and oxygen atoms in total. The maximum Gasteiger partial charge on any atom is 0.220 e.